The van der Waals surface area contributed by atoms with Crippen LogP contribution in [0.25, 0.3) is 0 Å². The average Bonchev–Trinajstić information content (AvgIpc) is 2.31. The first-order valence-corrected chi connectivity index (χ1v) is 5.52. The van der Waals surface area contributed by atoms with E-state index in [2.05, 4.69) is 5.32 Å². The van der Waals surface area contributed by atoms with E-state index < -0.39 is 11.8 Å². The molecule has 0 saturated heterocycles. The molecule has 0 bridgehead atoms. The molecule has 0 aromatic carbocycles. The third-order valence-corrected chi connectivity index (χ3v) is 2.00. The summed E-state index contributed by atoms with van der Waals surface area (Å²) in [4.78, 5) is 24.4. The van der Waals surface area contributed by atoms with E-state index in [-0.39, 0.29) is 0 Å². The van der Waals surface area contributed by atoms with Gasteiger partial charge in [0.25, 0.3) is 0 Å². The Morgan fingerprint density at radius 1 is 1.38 bits per heavy atom. The number of nitrogens with one attached hydrogen (secondary N) is 1. The molecular weight excluding hydrogens is 210 g/mol. The maximum atomic E-state index is 11.6. The van der Waals surface area contributed by atoms with Crippen LogP contribution in [0.3, 0.4) is 0 Å². The monoisotopic (exact) mass is 231 g/mol. The van der Waals surface area contributed by atoms with Gasteiger partial charge in [-0.15, -0.1) is 0 Å². The van der Waals surface area contributed by atoms with E-state index in [1.165, 1.54) is 4.90 Å². The Labute approximate surface area is 96.1 Å². The number of amides is 2. The fraction of sp³-hybridized carbons (Fsp3) is 0.800. The van der Waals surface area contributed by atoms with Crippen molar-refractivity contribution in [2.45, 2.75) is 13.8 Å². The molecule has 0 aliphatic rings. The van der Waals surface area contributed by atoms with Gasteiger partial charge in [-0.25, -0.2) is 0 Å². The third kappa shape index (κ3) is 5.67. The Balaban J connectivity index is 4.03. The van der Waals surface area contributed by atoms with Crippen LogP contribution in [-0.2, 0) is 14.3 Å². The largest absolute Gasteiger partial charge is 0.380 e. The van der Waals surface area contributed by atoms with Crippen LogP contribution in [0.5, 0.6) is 0 Å². The molecule has 0 spiro atoms. The lowest BCUT2D eigenvalue weighted by Crippen LogP contribution is -2.45. The normalized spacial score (nSPS) is 9.94. The Morgan fingerprint density at radius 3 is 2.56 bits per heavy atom. The van der Waals surface area contributed by atoms with Crippen LogP contribution in [0.1, 0.15) is 13.8 Å². The fourth-order valence-electron chi connectivity index (χ4n) is 1.13. The first-order valence-electron chi connectivity index (χ1n) is 5.52. The van der Waals surface area contributed by atoms with Gasteiger partial charge in [-0.2, -0.15) is 0 Å². The molecule has 0 unspecified atom stereocenters. The van der Waals surface area contributed by atoms with Gasteiger partial charge >= 0.3 is 11.8 Å². The maximum Gasteiger partial charge on any atom is 0.311 e. The van der Waals surface area contributed by atoms with Gasteiger partial charge in [0.15, 0.2) is 0 Å². The Morgan fingerprint density at radius 2 is 2.06 bits per heavy atom. The van der Waals surface area contributed by atoms with Gasteiger partial charge in [-0.05, 0) is 13.8 Å². The van der Waals surface area contributed by atoms with Gasteiger partial charge in [0, 0.05) is 32.8 Å². The molecule has 0 heterocycles. The van der Waals surface area contributed by atoms with Crippen LogP contribution in [-0.4, -0.2) is 56.1 Å². The highest BCUT2D eigenvalue weighted by molar-refractivity contribution is 6.34. The number of nitrogens with two attached hydrogens (primary N) is 1. The quantitative estimate of drug-likeness (QED) is 0.432. The van der Waals surface area contributed by atoms with Gasteiger partial charge in [0.1, 0.15) is 0 Å². The lowest BCUT2D eigenvalue weighted by Gasteiger charge is -2.19. The number of ether oxygens (including phenoxy) is 1. The molecule has 6 nitrogen and oxygen atoms in total. The van der Waals surface area contributed by atoms with Crippen molar-refractivity contribution < 1.29 is 14.3 Å². The van der Waals surface area contributed by atoms with Crippen molar-refractivity contribution in [1.82, 2.24) is 10.2 Å². The average molecular weight is 231 g/mol. The SMILES string of the molecule is CCOCCN(CC)C(=O)C(=O)NCCN. The summed E-state index contributed by atoms with van der Waals surface area (Å²) in [6.45, 7) is 6.30. The minimum absolute atomic E-state index is 0.313. The van der Waals surface area contributed by atoms with Crippen LogP contribution in [0.15, 0.2) is 0 Å². The topological polar surface area (TPSA) is 84.7 Å². The summed E-state index contributed by atoms with van der Waals surface area (Å²) in [5.74, 6) is -1.14. The lowest BCUT2D eigenvalue weighted by atomic mass is 10.4. The molecule has 6 heteroatoms. The molecule has 0 aromatic heterocycles. The van der Waals surface area contributed by atoms with E-state index >= 15 is 0 Å². The molecule has 0 rings (SSSR count). The number of nitrogens with zero attached hydrogens (tertiary/aromatic N) is 1. The minimum Gasteiger partial charge on any atom is -0.380 e. The van der Waals surface area contributed by atoms with E-state index in [4.69, 9.17) is 10.5 Å². The molecule has 0 aromatic rings. The molecular formula is C10H21N3O3. The van der Waals surface area contributed by atoms with Crippen LogP contribution in [0.2, 0.25) is 0 Å². The minimum atomic E-state index is -0.608. The Kier molecular flexibility index (Phi) is 8.46. The summed E-state index contributed by atoms with van der Waals surface area (Å²) in [6, 6.07) is 0. The molecule has 94 valence electrons. The number of hydrogen-bond acceptors (Lipinski definition) is 4. The molecule has 0 saturated carbocycles. The number of likely N-dealkylation sites (N-methyl/N-ethyl adjacent to an activating group) is 1. The standard InChI is InChI=1S/C10H21N3O3/c1-3-13(7-8-16-4-2)10(15)9(14)12-6-5-11/h3-8,11H2,1-2H3,(H,12,14). The summed E-state index contributed by atoms with van der Waals surface area (Å²) >= 11 is 0. The molecule has 3 N–H and O–H groups in total. The molecule has 0 atom stereocenters. The predicted octanol–water partition coefficient (Wildman–Crippen LogP) is -1.05. The van der Waals surface area contributed by atoms with E-state index in [1.807, 2.05) is 13.8 Å². The van der Waals surface area contributed by atoms with E-state index in [0.29, 0.717) is 39.4 Å². The van der Waals surface area contributed by atoms with Crippen molar-refractivity contribution in [1.29, 1.82) is 0 Å². The van der Waals surface area contributed by atoms with Crippen LogP contribution < -0.4 is 11.1 Å². The number of carbonyl (C=O) groups excluding carboxylic acids is 2. The lowest BCUT2D eigenvalue weighted by molar-refractivity contribution is -0.146. The predicted molar refractivity (Wildman–Crippen MR) is 60.8 cm³/mol. The molecule has 2 amide bonds. The molecule has 0 fully saturated rings. The summed E-state index contributed by atoms with van der Waals surface area (Å²) in [5, 5.41) is 2.44. The number of carbonyl (C=O) groups is 2. The van der Waals surface area contributed by atoms with Crippen molar-refractivity contribution in [3.63, 3.8) is 0 Å². The highest BCUT2D eigenvalue weighted by Gasteiger charge is 2.19. The first-order chi connectivity index (χ1) is 7.67. The number of rotatable bonds is 7. The van der Waals surface area contributed by atoms with Crippen LogP contribution in [0.4, 0.5) is 0 Å². The van der Waals surface area contributed by atoms with Crippen molar-refractivity contribution in [3.05, 3.63) is 0 Å². The van der Waals surface area contributed by atoms with Gasteiger partial charge < -0.3 is 20.7 Å². The first kappa shape index (κ1) is 14.9. The van der Waals surface area contributed by atoms with Crippen molar-refractivity contribution >= 4 is 11.8 Å². The summed E-state index contributed by atoms with van der Waals surface area (Å²) < 4.78 is 5.13. The van der Waals surface area contributed by atoms with Crippen LogP contribution >= 0.6 is 0 Å². The number of hydrogen-bond donors (Lipinski definition) is 2. The molecule has 0 aliphatic heterocycles. The van der Waals surface area contributed by atoms with E-state index in [0.717, 1.165) is 0 Å². The maximum absolute atomic E-state index is 11.6. The zero-order valence-electron chi connectivity index (χ0n) is 9.99. The molecule has 0 aliphatic carbocycles. The summed E-state index contributed by atoms with van der Waals surface area (Å²) in [7, 11) is 0. The summed E-state index contributed by atoms with van der Waals surface area (Å²) in [6.07, 6.45) is 0. The molecule has 16 heavy (non-hydrogen) atoms. The Hall–Kier alpha value is -1.14. The zero-order valence-corrected chi connectivity index (χ0v) is 9.99. The highest BCUT2D eigenvalue weighted by Crippen LogP contribution is 1.90. The third-order valence-electron chi connectivity index (χ3n) is 2.00. The van der Waals surface area contributed by atoms with Crippen molar-refractivity contribution in [2.24, 2.45) is 5.73 Å². The van der Waals surface area contributed by atoms with E-state index in [9.17, 15) is 9.59 Å². The van der Waals surface area contributed by atoms with Crippen LogP contribution in [0, 0.1) is 0 Å². The second-order valence-corrected chi connectivity index (χ2v) is 3.13. The smallest absolute Gasteiger partial charge is 0.311 e. The van der Waals surface area contributed by atoms with Gasteiger partial charge in [-0.1, -0.05) is 0 Å². The van der Waals surface area contributed by atoms with E-state index in [1.54, 1.807) is 0 Å². The Bertz CT molecular complexity index is 221. The van der Waals surface area contributed by atoms with Gasteiger partial charge in [0.2, 0.25) is 0 Å². The second kappa shape index (κ2) is 9.11. The highest BCUT2D eigenvalue weighted by atomic mass is 16.5. The van der Waals surface area contributed by atoms with Gasteiger partial charge in [0.05, 0.1) is 6.61 Å². The van der Waals surface area contributed by atoms with Gasteiger partial charge in [-0.3, -0.25) is 9.59 Å². The van der Waals surface area contributed by atoms with Crippen molar-refractivity contribution in [3.8, 4) is 0 Å². The fourth-order valence-corrected chi connectivity index (χ4v) is 1.13. The molecule has 0 radical (unpaired) electrons. The van der Waals surface area contributed by atoms with Crippen molar-refractivity contribution in [2.75, 3.05) is 39.4 Å². The summed E-state index contributed by atoms with van der Waals surface area (Å²) in [5.41, 5.74) is 5.22. The zero-order chi connectivity index (χ0) is 12.4. The second-order valence-electron chi connectivity index (χ2n) is 3.13.